The molecule has 0 aliphatic carbocycles. The van der Waals surface area contributed by atoms with E-state index >= 15 is 0 Å². The number of ether oxygens (including phenoxy) is 1. The molecule has 2 aromatic carbocycles. The average Bonchev–Trinajstić information content (AvgIpc) is 3.21. The maximum atomic E-state index is 12.7. The number of aryl methyl sites for hydroxylation is 1. The molecule has 0 saturated heterocycles. The first-order valence-electron chi connectivity index (χ1n) is 9.15. The first-order chi connectivity index (χ1) is 14.4. The lowest BCUT2D eigenvalue weighted by molar-refractivity contribution is 0.399. The lowest BCUT2D eigenvalue weighted by atomic mass is 10.1. The third kappa shape index (κ3) is 4.04. The Morgan fingerprint density at radius 2 is 1.63 bits per heavy atom. The second-order valence-corrected chi connectivity index (χ2v) is 8.56. The van der Waals surface area contributed by atoms with Crippen LogP contribution in [0.1, 0.15) is 5.76 Å². The fourth-order valence-corrected chi connectivity index (χ4v) is 3.90. The number of rotatable bonds is 6. The van der Waals surface area contributed by atoms with E-state index in [-0.39, 0.29) is 10.7 Å². The summed E-state index contributed by atoms with van der Waals surface area (Å²) in [5.41, 5.74) is 2.19. The summed E-state index contributed by atoms with van der Waals surface area (Å²) in [6.07, 6.45) is 1.26. The van der Waals surface area contributed by atoms with Crippen LogP contribution in [0.25, 0.3) is 11.1 Å². The van der Waals surface area contributed by atoms with Crippen LogP contribution < -0.4 is 9.04 Å². The molecule has 8 heteroatoms. The van der Waals surface area contributed by atoms with Gasteiger partial charge in [0.05, 0.1) is 6.20 Å². The number of nitrogens with zero attached hydrogens (tertiary/aromatic N) is 3. The fraction of sp³-hybridized carbons (Fsp3) is 0.0909. The van der Waals surface area contributed by atoms with Gasteiger partial charge in [0.25, 0.3) is 10.0 Å². The number of hydrogen-bond donors (Lipinski definition) is 0. The van der Waals surface area contributed by atoms with Gasteiger partial charge in [-0.1, -0.05) is 47.6 Å². The molecule has 0 radical (unpaired) electrons. The first kappa shape index (κ1) is 19.7. The zero-order valence-electron chi connectivity index (χ0n) is 16.4. The summed E-state index contributed by atoms with van der Waals surface area (Å²) in [7, 11) is -2.40. The van der Waals surface area contributed by atoms with Gasteiger partial charge in [-0.15, -0.1) is 0 Å². The van der Waals surface area contributed by atoms with Crippen LogP contribution in [0, 0.1) is 6.92 Å². The Balaban J connectivity index is 1.48. The number of benzene rings is 2. The molecule has 0 bridgehead atoms. The van der Waals surface area contributed by atoms with Crippen molar-refractivity contribution in [2.45, 2.75) is 11.8 Å². The summed E-state index contributed by atoms with van der Waals surface area (Å²) in [4.78, 5) is 4.16. The molecule has 0 saturated carbocycles. The van der Waals surface area contributed by atoms with Gasteiger partial charge in [-0.3, -0.25) is 0 Å². The minimum absolute atomic E-state index is 0.0254. The Morgan fingerprint density at radius 3 is 2.23 bits per heavy atom. The topological polar surface area (TPSA) is 85.5 Å². The van der Waals surface area contributed by atoms with Crippen molar-refractivity contribution in [2.24, 2.45) is 0 Å². The highest BCUT2D eigenvalue weighted by atomic mass is 32.2. The molecule has 30 heavy (non-hydrogen) atoms. The van der Waals surface area contributed by atoms with Gasteiger partial charge >= 0.3 is 0 Å². The van der Waals surface area contributed by atoms with Gasteiger partial charge in [0.1, 0.15) is 16.4 Å². The Morgan fingerprint density at radius 1 is 0.933 bits per heavy atom. The van der Waals surface area contributed by atoms with Crippen LogP contribution in [-0.4, -0.2) is 25.6 Å². The Bertz CT molecular complexity index is 1240. The molecule has 4 aromatic rings. The van der Waals surface area contributed by atoms with Crippen LogP contribution in [0.5, 0.6) is 11.6 Å². The molecular weight excluding hydrogens is 402 g/mol. The van der Waals surface area contributed by atoms with Gasteiger partial charge in [-0.05, 0) is 36.2 Å². The highest BCUT2D eigenvalue weighted by Crippen LogP contribution is 2.26. The smallest absolute Gasteiger partial charge is 0.266 e. The minimum atomic E-state index is -3.81. The largest absolute Gasteiger partial charge is 0.439 e. The molecule has 0 amide bonds. The van der Waals surface area contributed by atoms with Crippen LogP contribution >= 0.6 is 0 Å². The first-order valence-corrected chi connectivity index (χ1v) is 10.6. The van der Waals surface area contributed by atoms with E-state index in [0.717, 1.165) is 15.4 Å². The van der Waals surface area contributed by atoms with Crippen molar-refractivity contribution in [1.82, 2.24) is 10.1 Å². The van der Waals surface area contributed by atoms with Gasteiger partial charge in [-0.25, -0.2) is 17.7 Å². The van der Waals surface area contributed by atoms with E-state index in [1.54, 1.807) is 13.0 Å². The number of aromatic nitrogens is 2. The fourth-order valence-electron chi connectivity index (χ4n) is 2.83. The lowest BCUT2D eigenvalue weighted by Gasteiger charge is -2.15. The molecular formula is C22H19N3O4S. The minimum Gasteiger partial charge on any atom is -0.439 e. The molecule has 0 atom stereocenters. The van der Waals surface area contributed by atoms with Crippen LogP contribution in [0.2, 0.25) is 0 Å². The second kappa shape index (κ2) is 8.00. The zero-order valence-corrected chi connectivity index (χ0v) is 17.2. The summed E-state index contributed by atoms with van der Waals surface area (Å²) in [5, 5.41) is 3.74. The molecule has 0 fully saturated rings. The summed E-state index contributed by atoms with van der Waals surface area (Å²) in [6.45, 7) is 1.69. The van der Waals surface area contributed by atoms with Crippen LogP contribution in [0.3, 0.4) is 0 Å². The third-order valence-electron chi connectivity index (χ3n) is 4.49. The number of hydrogen-bond acceptors (Lipinski definition) is 6. The third-order valence-corrected chi connectivity index (χ3v) is 6.23. The van der Waals surface area contributed by atoms with E-state index in [1.807, 2.05) is 54.6 Å². The molecule has 152 valence electrons. The Hall–Kier alpha value is -3.65. The van der Waals surface area contributed by atoms with Gasteiger partial charge in [0.2, 0.25) is 5.88 Å². The van der Waals surface area contributed by atoms with Crippen molar-refractivity contribution in [3.05, 3.63) is 84.8 Å². The van der Waals surface area contributed by atoms with Crippen LogP contribution in [-0.2, 0) is 10.0 Å². The standard InChI is InChI=1S/C22H19N3O4S/c1-16-14-21(24-29-16)25(2)30(26,27)20-12-13-22(23-15-20)28-19-10-8-18(9-11-19)17-6-4-3-5-7-17/h3-15H,1-2H3. The predicted octanol–water partition coefficient (Wildman–Crippen LogP) is 4.66. The number of anilines is 1. The number of sulfonamides is 1. The summed E-state index contributed by atoms with van der Waals surface area (Å²) in [5.74, 6) is 1.62. The maximum Gasteiger partial charge on any atom is 0.266 e. The SMILES string of the molecule is Cc1cc(N(C)S(=O)(=O)c2ccc(Oc3ccc(-c4ccccc4)cc3)nc2)no1. The van der Waals surface area contributed by atoms with Gasteiger partial charge < -0.3 is 9.26 Å². The monoisotopic (exact) mass is 421 g/mol. The molecule has 4 rings (SSSR count). The quantitative estimate of drug-likeness (QED) is 0.450. The molecule has 0 spiro atoms. The molecule has 0 unspecified atom stereocenters. The van der Waals surface area contributed by atoms with E-state index in [1.165, 1.54) is 25.4 Å². The van der Waals surface area contributed by atoms with Crippen LogP contribution in [0.4, 0.5) is 5.82 Å². The van der Waals surface area contributed by atoms with Gasteiger partial charge in [0, 0.05) is 19.2 Å². The van der Waals surface area contributed by atoms with E-state index in [2.05, 4.69) is 10.1 Å². The lowest BCUT2D eigenvalue weighted by Crippen LogP contribution is -2.26. The van der Waals surface area contributed by atoms with Crippen molar-refractivity contribution < 1.29 is 17.7 Å². The highest BCUT2D eigenvalue weighted by Gasteiger charge is 2.24. The van der Waals surface area contributed by atoms with E-state index in [4.69, 9.17) is 9.26 Å². The molecule has 7 nitrogen and oxygen atoms in total. The second-order valence-electron chi connectivity index (χ2n) is 6.59. The van der Waals surface area contributed by atoms with Crippen molar-refractivity contribution in [3.63, 3.8) is 0 Å². The van der Waals surface area contributed by atoms with Crippen molar-refractivity contribution >= 4 is 15.8 Å². The maximum absolute atomic E-state index is 12.7. The molecule has 2 aromatic heterocycles. The molecule has 0 N–H and O–H groups in total. The summed E-state index contributed by atoms with van der Waals surface area (Å²) >= 11 is 0. The molecule has 0 aliphatic heterocycles. The predicted molar refractivity (Wildman–Crippen MR) is 113 cm³/mol. The van der Waals surface area contributed by atoms with Gasteiger partial charge in [-0.2, -0.15) is 0 Å². The Kier molecular flexibility index (Phi) is 5.24. The molecule has 0 aliphatic rings. The normalized spacial score (nSPS) is 11.3. The van der Waals surface area contributed by atoms with E-state index in [0.29, 0.717) is 17.4 Å². The van der Waals surface area contributed by atoms with E-state index in [9.17, 15) is 8.42 Å². The summed E-state index contributed by atoms with van der Waals surface area (Å²) in [6, 6.07) is 22.1. The Labute approximate surface area is 174 Å². The van der Waals surface area contributed by atoms with Crippen molar-refractivity contribution in [1.29, 1.82) is 0 Å². The van der Waals surface area contributed by atoms with Crippen LogP contribution in [0.15, 0.2) is 88.4 Å². The van der Waals surface area contributed by atoms with Crippen molar-refractivity contribution in [3.8, 4) is 22.8 Å². The molecule has 2 heterocycles. The zero-order chi connectivity index (χ0) is 21.1. The number of pyridine rings is 1. The van der Waals surface area contributed by atoms with E-state index < -0.39 is 10.0 Å². The summed E-state index contributed by atoms with van der Waals surface area (Å²) < 4.78 is 37.2. The average molecular weight is 421 g/mol. The highest BCUT2D eigenvalue weighted by molar-refractivity contribution is 7.92. The van der Waals surface area contributed by atoms with Crippen molar-refractivity contribution in [2.75, 3.05) is 11.4 Å². The van der Waals surface area contributed by atoms with Gasteiger partial charge in [0.15, 0.2) is 5.82 Å².